The van der Waals surface area contributed by atoms with Crippen molar-refractivity contribution >= 4 is 22.5 Å². The van der Waals surface area contributed by atoms with Gasteiger partial charge < -0.3 is 5.32 Å². The molecule has 6 nitrogen and oxygen atoms in total. The van der Waals surface area contributed by atoms with Crippen LogP contribution >= 0.6 is 0 Å². The highest BCUT2D eigenvalue weighted by Crippen LogP contribution is 2.23. The summed E-state index contributed by atoms with van der Waals surface area (Å²) in [6, 6.07) is 20.4. The van der Waals surface area contributed by atoms with Gasteiger partial charge in [0.25, 0.3) is 0 Å². The standard InChI is InChI=1S/C23H20N6/c1-16-6-4-7-17(14-16)11-13-25-23-26-20-10-3-2-9-19(20)22-27-21(28-29(22)23)18-8-5-12-24-15-18/h2-10,12,14-15H,11,13H2,1H3,(H,25,26). The Bertz CT molecular complexity index is 1290. The number of anilines is 1. The van der Waals surface area contributed by atoms with Crippen molar-refractivity contribution in [2.75, 3.05) is 11.9 Å². The van der Waals surface area contributed by atoms with Gasteiger partial charge in [0.1, 0.15) is 0 Å². The van der Waals surface area contributed by atoms with Crippen LogP contribution in [0, 0.1) is 6.92 Å². The molecule has 3 aromatic heterocycles. The van der Waals surface area contributed by atoms with Gasteiger partial charge in [-0.2, -0.15) is 4.52 Å². The van der Waals surface area contributed by atoms with E-state index in [0.29, 0.717) is 11.8 Å². The molecule has 0 aliphatic rings. The third-order valence-electron chi connectivity index (χ3n) is 4.88. The van der Waals surface area contributed by atoms with Gasteiger partial charge in [-0.15, -0.1) is 5.10 Å². The van der Waals surface area contributed by atoms with Crippen molar-refractivity contribution in [3.05, 3.63) is 84.2 Å². The van der Waals surface area contributed by atoms with Gasteiger partial charge in [-0.1, -0.05) is 42.0 Å². The third-order valence-corrected chi connectivity index (χ3v) is 4.88. The van der Waals surface area contributed by atoms with Gasteiger partial charge in [0.15, 0.2) is 11.5 Å². The Labute approximate surface area is 168 Å². The minimum atomic E-state index is 0.637. The smallest absolute Gasteiger partial charge is 0.226 e. The number of hydrogen-bond donors (Lipinski definition) is 1. The Kier molecular flexibility index (Phi) is 4.37. The third kappa shape index (κ3) is 3.40. The molecule has 0 bridgehead atoms. The first kappa shape index (κ1) is 17.3. The maximum atomic E-state index is 4.79. The number of pyridine rings is 1. The summed E-state index contributed by atoms with van der Waals surface area (Å²) in [4.78, 5) is 13.8. The topological polar surface area (TPSA) is 68.0 Å². The summed E-state index contributed by atoms with van der Waals surface area (Å²) in [5, 5.41) is 9.13. The van der Waals surface area contributed by atoms with Crippen LogP contribution in [-0.2, 0) is 6.42 Å². The van der Waals surface area contributed by atoms with E-state index in [4.69, 9.17) is 15.1 Å². The van der Waals surface area contributed by atoms with E-state index in [2.05, 4.69) is 41.5 Å². The average molecular weight is 380 g/mol. The van der Waals surface area contributed by atoms with Gasteiger partial charge in [0.05, 0.1) is 5.52 Å². The molecule has 5 rings (SSSR count). The number of fused-ring (bicyclic) bond motifs is 3. The summed E-state index contributed by atoms with van der Waals surface area (Å²) >= 11 is 0. The maximum absolute atomic E-state index is 4.79. The first-order valence-electron chi connectivity index (χ1n) is 9.63. The molecule has 0 unspecified atom stereocenters. The first-order valence-corrected chi connectivity index (χ1v) is 9.63. The minimum absolute atomic E-state index is 0.637. The SMILES string of the molecule is Cc1cccc(CCNc2nc3ccccc3c3nc(-c4cccnc4)nn23)c1. The van der Waals surface area contributed by atoms with E-state index in [0.717, 1.165) is 35.1 Å². The largest absolute Gasteiger partial charge is 0.354 e. The molecule has 6 heteroatoms. The first-order chi connectivity index (χ1) is 14.3. The fraction of sp³-hybridized carbons (Fsp3) is 0.130. The highest BCUT2D eigenvalue weighted by atomic mass is 15.4. The van der Waals surface area contributed by atoms with Gasteiger partial charge in [-0.25, -0.2) is 9.97 Å². The molecule has 5 aromatic rings. The molecule has 0 spiro atoms. The Balaban J connectivity index is 1.53. The number of aromatic nitrogens is 5. The van der Waals surface area contributed by atoms with Crippen LogP contribution in [0.1, 0.15) is 11.1 Å². The molecular weight excluding hydrogens is 360 g/mol. The van der Waals surface area contributed by atoms with Crippen molar-refractivity contribution in [2.24, 2.45) is 0 Å². The van der Waals surface area contributed by atoms with Crippen LogP contribution in [0.5, 0.6) is 0 Å². The molecule has 0 saturated carbocycles. The fourth-order valence-electron chi connectivity index (χ4n) is 3.47. The lowest BCUT2D eigenvalue weighted by atomic mass is 10.1. The molecule has 0 fully saturated rings. The van der Waals surface area contributed by atoms with E-state index in [-0.39, 0.29) is 0 Å². The van der Waals surface area contributed by atoms with Crippen LogP contribution in [0.4, 0.5) is 5.95 Å². The number of benzene rings is 2. The molecule has 0 saturated heterocycles. The monoisotopic (exact) mass is 380 g/mol. The molecule has 29 heavy (non-hydrogen) atoms. The Hall–Kier alpha value is -3.80. The number of nitrogens with zero attached hydrogens (tertiary/aromatic N) is 5. The van der Waals surface area contributed by atoms with Crippen molar-refractivity contribution < 1.29 is 0 Å². The zero-order valence-corrected chi connectivity index (χ0v) is 16.1. The van der Waals surface area contributed by atoms with Crippen molar-refractivity contribution in [2.45, 2.75) is 13.3 Å². The molecule has 3 heterocycles. The highest BCUT2D eigenvalue weighted by molar-refractivity contribution is 5.92. The van der Waals surface area contributed by atoms with Gasteiger partial charge in [0, 0.05) is 29.9 Å². The Morgan fingerprint density at radius 1 is 0.966 bits per heavy atom. The molecular formula is C23H20N6. The lowest BCUT2D eigenvalue weighted by Gasteiger charge is -2.09. The number of para-hydroxylation sites is 1. The van der Waals surface area contributed by atoms with Crippen molar-refractivity contribution in [3.8, 4) is 11.4 Å². The molecule has 0 atom stereocenters. The summed E-state index contributed by atoms with van der Waals surface area (Å²) in [7, 11) is 0. The number of rotatable bonds is 5. The van der Waals surface area contributed by atoms with Gasteiger partial charge in [0.2, 0.25) is 5.95 Å². The van der Waals surface area contributed by atoms with E-state index in [9.17, 15) is 0 Å². The lowest BCUT2D eigenvalue weighted by molar-refractivity contribution is 0.906. The zero-order chi connectivity index (χ0) is 19.6. The quantitative estimate of drug-likeness (QED) is 0.492. The molecule has 0 amide bonds. The summed E-state index contributed by atoms with van der Waals surface area (Å²) in [6.07, 6.45) is 4.42. The maximum Gasteiger partial charge on any atom is 0.226 e. The second-order valence-corrected chi connectivity index (χ2v) is 7.03. The Morgan fingerprint density at radius 2 is 1.90 bits per heavy atom. The van der Waals surface area contributed by atoms with Crippen LogP contribution in [-0.4, -0.2) is 31.1 Å². The van der Waals surface area contributed by atoms with Crippen molar-refractivity contribution in [1.82, 2.24) is 24.6 Å². The van der Waals surface area contributed by atoms with Crippen LogP contribution in [0.25, 0.3) is 27.9 Å². The number of aryl methyl sites for hydroxylation is 1. The van der Waals surface area contributed by atoms with Crippen LogP contribution in [0.15, 0.2) is 73.1 Å². The minimum Gasteiger partial charge on any atom is -0.354 e. The Morgan fingerprint density at radius 3 is 2.76 bits per heavy atom. The van der Waals surface area contributed by atoms with Gasteiger partial charge in [-0.05, 0) is 43.2 Å². The van der Waals surface area contributed by atoms with Gasteiger partial charge in [-0.3, -0.25) is 4.98 Å². The van der Waals surface area contributed by atoms with E-state index in [1.54, 1.807) is 16.9 Å². The van der Waals surface area contributed by atoms with Crippen molar-refractivity contribution in [3.63, 3.8) is 0 Å². The average Bonchev–Trinajstić information content (AvgIpc) is 3.21. The normalized spacial score (nSPS) is 11.2. The van der Waals surface area contributed by atoms with Crippen LogP contribution in [0.2, 0.25) is 0 Å². The van der Waals surface area contributed by atoms with Crippen LogP contribution < -0.4 is 5.32 Å². The molecule has 0 aliphatic carbocycles. The van der Waals surface area contributed by atoms with E-state index >= 15 is 0 Å². The lowest BCUT2D eigenvalue weighted by Crippen LogP contribution is -2.11. The summed E-state index contributed by atoms with van der Waals surface area (Å²) in [5.41, 5.74) is 5.12. The molecule has 0 aliphatic heterocycles. The predicted molar refractivity (Wildman–Crippen MR) is 115 cm³/mol. The van der Waals surface area contributed by atoms with Crippen LogP contribution in [0.3, 0.4) is 0 Å². The van der Waals surface area contributed by atoms with E-state index in [1.165, 1.54) is 11.1 Å². The molecule has 1 N–H and O–H groups in total. The summed E-state index contributed by atoms with van der Waals surface area (Å²) in [6.45, 7) is 2.87. The summed E-state index contributed by atoms with van der Waals surface area (Å²) in [5.74, 6) is 1.33. The number of hydrogen-bond acceptors (Lipinski definition) is 5. The fourth-order valence-corrected chi connectivity index (χ4v) is 3.47. The van der Waals surface area contributed by atoms with Gasteiger partial charge >= 0.3 is 0 Å². The molecule has 2 aromatic carbocycles. The summed E-state index contributed by atoms with van der Waals surface area (Å²) < 4.78 is 1.79. The molecule has 142 valence electrons. The van der Waals surface area contributed by atoms with E-state index < -0.39 is 0 Å². The number of nitrogens with one attached hydrogen (secondary N) is 1. The zero-order valence-electron chi connectivity index (χ0n) is 16.1. The van der Waals surface area contributed by atoms with E-state index in [1.807, 2.05) is 36.4 Å². The second kappa shape index (κ2) is 7.31. The highest BCUT2D eigenvalue weighted by Gasteiger charge is 2.14. The second-order valence-electron chi connectivity index (χ2n) is 7.03. The van der Waals surface area contributed by atoms with Crippen molar-refractivity contribution in [1.29, 1.82) is 0 Å². The molecule has 0 radical (unpaired) electrons. The predicted octanol–water partition coefficient (Wildman–Crippen LogP) is 4.30.